The van der Waals surface area contributed by atoms with Crippen LogP contribution in [0.2, 0.25) is 0 Å². The molecule has 188 valence electrons. The van der Waals surface area contributed by atoms with Crippen LogP contribution in [0.3, 0.4) is 0 Å². The zero-order valence-electron chi connectivity index (χ0n) is 20.7. The van der Waals surface area contributed by atoms with Gasteiger partial charge in [-0.1, -0.05) is 36.9 Å². The molecule has 0 saturated heterocycles. The van der Waals surface area contributed by atoms with Crippen molar-refractivity contribution in [3.8, 4) is 28.5 Å². The Morgan fingerprint density at radius 2 is 1.74 bits per heavy atom. The maximum absolute atomic E-state index is 6.18. The summed E-state index contributed by atoms with van der Waals surface area (Å²) in [5.74, 6) is 2.63. The van der Waals surface area contributed by atoms with E-state index in [-0.39, 0.29) is 6.61 Å². The molecule has 9 nitrogen and oxygen atoms in total. The highest BCUT2D eigenvalue weighted by Gasteiger charge is 2.12. The molecule has 4 heterocycles. The summed E-state index contributed by atoms with van der Waals surface area (Å²) < 4.78 is 14.0. The minimum atomic E-state index is 0.195. The lowest BCUT2D eigenvalue weighted by molar-refractivity contribution is 0.296. The fourth-order valence-electron chi connectivity index (χ4n) is 4.49. The molecule has 0 amide bonds. The van der Waals surface area contributed by atoms with Crippen LogP contribution in [-0.2, 0) is 6.61 Å². The van der Waals surface area contributed by atoms with E-state index in [9.17, 15) is 0 Å². The Kier molecular flexibility index (Phi) is 5.44. The van der Waals surface area contributed by atoms with Crippen LogP contribution in [0, 0.1) is 0 Å². The molecule has 0 aliphatic rings. The number of aromatic nitrogens is 7. The van der Waals surface area contributed by atoms with Crippen molar-refractivity contribution in [3.05, 3.63) is 109 Å². The third kappa shape index (κ3) is 4.21. The van der Waals surface area contributed by atoms with Gasteiger partial charge in [-0.15, -0.1) is 10.2 Å². The van der Waals surface area contributed by atoms with Gasteiger partial charge in [-0.3, -0.25) is 10.1 Å². The molecular weight excluding hydrogens is 490 g/mol. The van der Waals surface area contributed by atoms with Gasteiger partial charge in [0.25, 0.3) is 0 Å². The van der Waals surface area contributed by atoms with E-state index in [0.29, 0.717) is 28.7 Å². The van der Waals surface area contributed by atoms with Gasteiger partial charge in [0.1, 0.15) is 23.9 Å². The maximum Gasteiger partial charge on any atom is 0.192 e. The van der Waals surface area contributed by atoms with Crippen molar-refractivity contribution in [2.24, 2.45) is 0 Å². The summed E-state index contributed by atoms with van der Waals surface area (Å²) in [5.41, 5.74) is 4.96. The molecule has 0 atom stereocenters. The fraction of sp³-hybridized carbons (Fsp3) is 0.0333. The predicted molar refractivity (Wildman–Crippen MR) is 149 cm³/mol. The Morgan fingerprint density at radius 3 is 2.64 bits per heavy atom. The van der Waals surface area contributed by atoms with Crippen LogP contribution in [0.15, 0.2) is 97.7 Å². The molecular formula is C30H21N7O2. The summed E-state index contributed by atoms with van der Waals surface area (Å²) in [4.78, 5) is 4.52. The Labute approximate surface area is 222 Å². The summed E-state index contributed by atoms with van der Waals surface area (Å²) in [7, 11) is 0. The van der Waals surface area contributed by atoms with Crippen molar-refractivity contribution in [1.82, 2.24) is 35.0 Å². The second-order valence-corrected chi connectivity index (χ2v) is 8.87. The minimum Gasteiger partial charge on any atom is -0.485 e. The molecule has 0 bridgehead atoms. The SMILES string of the molecule is C=Cc1n[nH]c2ccc(Oc3ccc4c(OCc5nnc6ccc(-c7ccccc7)nn56)ccnc4c3)cc12. The highest BCUT2D eigenvalue weighted by atomic mass is 16.5. The maximum atomic E-state index is 6.18. The number of hydrogen-bond donors (Lipinski definition) is 1. The molecule has 0 saturated carbocycles. The zero-order valence-corrected chi connectivity index (χ0v) is 20.7. The number of pyridine rings is 1. The van der Waals surface area contributed by atoms with Crippen LogP contribution in [0.5, 0.6) is 17.2 Å². The lowest BCUT2D eigenvalue weighted by atomic mass is 10.1. The average Bonchev–Trinajstić information content (AvgIpc) is 3.59. The largest absolute Gasteiger partial charge is 0.485 e. The number of rotatable bonds is 7. The summed E-state index contributed by atoms with van der Waals surface area (Å²) in [6, 6.07) is 27.1. The van der Waals surface area contributed by atoms with Crippen molar-refractivity contribution in [1.29, 1.82) is 0 Å². The van der Waals surface area contributed by atoms with Crippen LogP contribution < -0.4 is 9.47 Å². The van der Waals surface area contributed by atoms with Crippen LogP contribution in [0.4, 0.5) is 0 Å². The van der Waals surface area contributed by atoms with E-state index in [1.54, 1.807) is 16.8 Å². The summed E-state index contributed by atoms with van der Waals surface area (Å²) >= 11 is 0. The molecule has 3 aromatic carbocycles. The zero-order chi connectivity index (χ0) is 26.2. The van der Waals surface area contributed by atoms with Gasteiger partial charge in [0, 0.05) is 28.6 Å². The van der Waals surface area contributed by atoms with Gasteiger partial charge in [-0.25, -0.2) is 0 Å². The van der Waals surface area contributed by atoms with Crippen LogP contribution in [-0.4, -0.2) is 35.0 Å². The minimum absolute atomic E-state index is 0.195. The molecule has 9 heteroatoms. The van der Waals surface area contributed by atoms with Gasteiger partial charge in [-0.2, -0.15) is 14.7 Å². The number of ether oxygens (including phenoxy) is 2. The molecule has 1 N–H and O–H groups in total. The smallest absolute Gasteiger partial charge is 0.192 e. The van der Waals surface area contributed by atoms with Crippen molar-refractivity contribution in [2.45, 2.75) is 6.61 Å². The molecule has 7 rings (SSSR count). The average molecular weight is 512 g/mol. The molecule has 0 unspecified atom stereocenters. The highest BCUT2D eigenvalue weighted by molar-refractivity contribution is 5.88. The van der Waals surface area contributed by atoms with Crippen LogP contribution in [0.25, 0.3) is 44.8 Å². The number of nitrogens with one attached hydrogen (secondary N) is 1. The molecule has 0 aliphatic carbocycles. The summed E-state index contributed by atoms with van der Waals surface area (Å²) in [6.07, 6.45) is 3.42. The molecule has 0 fully saturated rings. The lowest BCUT2D eigenvalue weighted by Gasteiger charge is -2.10. The van der Waals surface area contributed by atoms with Gasteiger partial charge in [0.05, 0.1) is 22.4 Å². The first-order valence-electron chi connectivity index (χ1n) is 12.3. The van der Waals surface area contributed by atoms with Crippen LogP contribution in [0.1, 0.15) is 11.5 Å². The number of hydrogen-bond acceptors (Lipinski definition) is 7. The molecule has 39 heavy (non-hydrogen) atoms. The molecule has 0 aliphatic heterocycles. The summed E-state index contributed by atoms with van der Waals surface area (Å²) in [5, 5.41) is 22.3. The third-order valence-electron chi connectivity index (χ3n) is 6.42. The van der Waals surface area contributed by atoms with E-state index in [0.717, 1.165) is 38.8 Å². The van der Waals surface area contributed by atoms with E-state index in [1.807, 2.05) is 84.9 Å². The third-order valence-corrected chi connectivity index (χ3v) is 6.42. The molecule has 0 radical (unpaired) electrons. The normalized spacial score (nSPS) is 11.3. The van der Waals surface area contributed by atoms with E-state index in [4.69, 9.17) is 14.6 Å². The summed E-state index contributed by atoms with van der Waals surface area (Å²) in [6.45, 7) is 4.01. The molecule has 0 spiro atoms. The predicted octanol–water partition coefficient (Wildman–Crippen LogP) is 6.23. The molecule has 7 aromatic rings. The van der Waals surface area contributed by atoms with E-state index < -0.39 is 0 Å². The standard InChI is InChI=1S/C30H21N7O2/c1-2-24-23-16-20(9-11-26(23)33-32-24)39-21-8-10-22-27(17-21)31-15-14-28(22)38-18-30-35-34-29-13-12-25(36-37(29)30)19-6-4-3-5-7-19/h2-17H,1,18H2,(H,32,33). The Balaban J connectivity index is 1.13. The first kappa shape index (κ1) is 22.6. The number of fused-ring (bicyclic) bond motifs is 3. The van der Waals surface area contributed by atoms with E-state index in [2.05, 4.69) is 32.0 Å². The number of aromatic amines is 1. The first-order valence-corrected chi connectivity index (χ1v) is 12.3. The van der Waals surface area contributed by atoms with Gasteiger partial charge >= 0.3 is 0 Å². The monoisotopic (exact) mass is 511 g/mol. The van der Waals surface area contributed by atoms with Gasteiger partial charge in [0.2, 0.25) is 0 Å². The van der Waals surface area contributed by atoms with Gasteiger partial charge in [0.15, 0.2) is 11.5 Å². The second kappa shape index (κ2) is 9.38. The Morgan fingerprint density at radius 1 is 0.872 bits per heavy atom. The Bertz CT molecular complexity index is 1980. The van der Waals surface area contributed by atoms with Crippen molar-refractivity contribution in [2.75, 3.05) is 0 Å². The highest BCUT2D eigenvalue weighted by Crippen LogP contribution is 2.31. The Hall–Kier alpha value is -5.57. The van der Waals surface area contributed by atoms with Crippen molar-refractivity contribution < 1.29 is 9.47 Å². The van der Waals surface area contributed by atoms with E-state index >= 15 is 0 Å². The fourth-order valence-corrected chi connectivity index (χ4v) is 4.49. The topological polar surface area (TPSA) is 103 Å². The first-order chi connectivity index (χ1) is 19.2. The number of H-pyrrole nitrogens is 1. The quantitative estimate of drug-likeness (QED) is 0.271. The number of nitrogens with zero attached hydrogens (tertiary/aromatic N) is 6. The van der Waals surface area contributed by atoms with Crippen molar-refractivity contribution >= 4 is 33.5 Å². The van der Waals surface area contributed by atoms with Gasteiger partial charge in [-0.05, 0) is 54.6 Å². The number of benzene rings is 3. The second-order valence-electron chi connectivity index (χ2n) is 8.87. The molecule has 4 aromatic heterocycles. The van der Waals surface area contributed by atoms with Crippen molar-refractivity contribution in [3.63, 3.8) is 0 Å². The van der Waals surface area contributed by atoms with E-state index in [1.165, 1.54) is 0 Å². The van der Waals surface area contributed by atoms with Gasteiger partial charge < -0.3 is 9.47 Å². The lowest BCUT2D eigenvalue weighted by Crippen LogP contribution is -2.05. The van der Waals surface area contributed by atoms with Crippen LogP contribution >= 0.6 is 0 Å².